The molecule has 3 rings (SSSR count). The number of hydrogen-bond donors (Lipinski definition) is 2. The highest BCUT2D eigenvalue weighted by Crippen LogP contribution is 2.36. The number of amides is 2. The third-order valence-electron chi connectivity index (χ3n) is 8.21. The SMILES string of the molecule is CCCOc1ccc(C(=O)NCc2cc(C(c3ccc(OC)c(CNC(=O)OC(C)(C)C)c3)C(OC(C)C)C(=O)OC(=O)C(C)OC(C)C)ccc2OC)c(Cl)c1. The summed E-state index contributed by atoms with van der Waals surface area (Å²) in [5.41, 5.74) is 1.81. The first-order valence-electron chi connectivity index (χ1n) is 18.9. The first-order valence-corrected chi connectivity index (χ1v) is 19.3. The maximum Gasteiger partial charge on any atom is 0.407 e. The van der Waals surface area contributed by atoms with Crippen LogP contribution in [-0.4, -0.2) is 74.8 Å². The molecule has 14 heteroatoms. The van der Waals surface area contributed by atoms with Crippen LogP contribution in [0.3, 0.4) is 0 Å². The molecule has 3 unspecified atom stereocenters. The van der Waals surface area contributed by atoms with Crippen molar-refractivity contribution in [1.29, 1.82) is 0 Å². The molecule has 0 aliphatic rings. The van der Waals surface area contributed by atoms with E-state index in [0.717, 1.165) is 6.42 Å². The number of methoxy groups -OCH3 is 2. The van der Waals surface area contributed by atoms with Gasteiger partial charge in [0.05, 0.1) is 43.6 Å². The molecule has 0 fully saturated rings. The van der Waals surface area contributed by atoms with Gasteiger partial charge >= 0.3 is 18.0 Å². The molecule has 0 aromatic heterocycles. The second-order valence-corrected chi connectivity index (χ2v) is 15.2. The molecule has 0 spiro atoms. The molecule has 2 N–H and O–H groups in total. The van der Waals surface area contributed by atoms with Crippen molar-refractivity contribution in [2.45, 2.75) is 118 Å². The molecule has 0 bridgehead atoms. The number of nitrogens with one attached hydrogen (secondary N) is 2. The summed E-state index contributed by atoms with van der Waals surface area (Å²) in [6, 6.07) is 15.4. The zero-order valence-corrected chi connectivity index (χ0v) is 35.5. The molecule has 3 atom stereocenters. The molecule has 0 saturated carbocycles. The average molecular weight is 813 g/mol. The second-order valence-electron chi connectivity index (χ2n) is 14.8. The molecule has 0 aliphatic carbocycles. The summed E-state index contributed by atoms with van der Waals surface area (Å²) in [5, 5.41) is 5.90. The monoisotopic (exact) mass is 812 g/mol. The van der Waals surface area contributed by atoms with Crippen molar-refractivity contribution in [3.8, 4) is 17.2 Å². The lowest BCUT2D eigenvalue weighted by Gasteiger charge is -2.29. The minimum absolute atomic E-state index is 0.0172. The molecule has 0 radical (unpaired) electrons. The van der Waals surface area contributed by atoms with E-state index in [1.54, 1.807) is 103 Å². The maximum absolute atomic E-state index is 14.1. The summed E-state index contributed by atoms with van der Waals surface area (Å²) in [6.45, 7) is 16.4. The van der Waals surface area contributed by atoms with Gasteiger partial charge in [0, 0.05) is 30.1 Å². The Labute approximate surface area is 341 Å². The number of carbonyl (C=O) groups is 4. The summed E-state index contributed by atoms with van der Waals surface area (Å²) in [5.74, 6) is -1.65. The van der Waals surface area contributed by atoms with Gasteiger partial charge in [-0.05, 0) is 115 Å². The highest BCUT2D eigenvalue weighted by atomic mass is 35.5. The zero-order valence-electron chi connectivity index (χ0n) is 34.8. The van der Waals surface area contributed by atoms with E-state index in [9.17, 15) is 19.2 Å². The predicted molar refractivity (Wildman–Crippen MR) is 216 cm³/mol. The van der Waals surface area contributed by atoms with Crippen LogP contribution in [0.4, 0.5) is 4.79 Å². The molecular formula is C43H57ClN2O11. The molecule has 0 saturated heterocycles. The summed E-state index contributed by atoms with van der Waals surface area (Å²) < 4.78 is 39.7. The van der Waals surface area contributed by atoms with Gasteiger partial charge in [0.25, 0.3) is 5.91 Å². The lowest BCUT2D eigenvalue weighted by atomic mass is 9.84. The van der Waals surface area contributed by atoms with Gasteiger partial charge in [-0.2, -0.15) is 0 Å². The molecular weight excluding hydrogens is 756 g/mol. The van der Waals surface area contributed by atoms with E-state index in [-0.39, 0.29) is 29.8 Å². The van der Waals surface area contributed by atoms with Gasteiger partial charge in [0.2, 0.25) is 0 Å². The van der Waals surface area contributed by atoms with Crippen molar-refractivity contribution in [2.24, 2.45) is 0 Å². The third kappa shape index (κ3) is 14.2. The number of benzene rings is 3. The minimum atomic E-state index is -1.36. The van der Waals surface area contributed by atoms with Crippen molar-refractivity contribution in [3.05, 3.63) is 87.4 Å². The summed E-state index contributed by atoms with van der Waals surface area (Å²) in [4.78, 5) is 53.2. The summed E-state index contributed by atoms with van der Waals surface area (Å²) in [6.07, 6.45) is -2.97. The molecule has 13 nitrogen and oxygen atoms in total. The molecule has 312 valence electrons. The Kier molecular flexibility index (Phi) is 17.6. The van der Waals surface area contributed by atoms with Gasteiger partial charge in [-0.1, -0.05) is 30.7 Å². The van der Waals surface area contributed by atoms with Crippen LogP contribution in [0, 0.1) is 0 Å². The zero-order chi connectivity index (χ0) is 42.4. The number of rotatable bonds is 19. The van der Waals surface area contributed by atoms with Crippen LogP contribution in [0.15, 0.2) is 54.6 Å². The van der Waals surface area contributed by atoms with Gasteiger partial charge in [-0.15, -0.1) is 0 Å². The van der Waals surface area contributed by atoms with Crippen molar-refractivity contribution in [1.82, 2.24) is 10.6 Å². The second kappa shape index (κ2) is 21.6. The van der Waals surface area contributed by atoms with E-state index in [1.165, 1.54) is 21.1 Å². The van der Waals surface area contributed by atoms with E-state index < -0.39 is 53.8 Å². The van der Waals surface area contributed by atoms with E-state index in [2.05, 4.69) is 10.6 Å². The summed E-state index contributed by atoms with van der Waals surface area (Å²) in [7, 11) is 3.01. The van der Waals surface area contributed by atoms with Crippen molar-refractivity contribution < 1.29 is 52.3 Å². The molecule has 3 aromatic rings. The first-order chi connectivity index (χ1) is 26.9. The van der Waals surface area contributed by atoms with Crippen LogP contribution in [0.25, 0.3) is 0 Å². The minimum Gasteiger partial charge on any atom is -0.496 e. The van der Waals surface area contributed by atoms with Crippen molar-refractivity contribution in [2.75, 3.05) is 20.8 Å². The Morgan fingerprint density at radius 3 is 1.79 bits per heavy atom. The number of halogens is 1. The summed E-state index contributed by atoms with van der Waals surface area (Å²) >= 11 is 6.47. The Balaban J connectivity index is 2.12. The highest BCUT2D eigenvalue weighted by Gasteiger charge is 2.37. The van der Waals surface area contributed by atoms with E-state index in [4.69, 9.17) is 44.8 Å². The lowest BCUT2D eigenvalue weighted by molar-refractivity contribution is -0.178. The number of alkyl carbamates (subject to hydrolysis) is 1. The average Bonchev–Trinajstić information content (AvgIpc) is 3.13. The first kappa shape index (κ1) is 46.5. The van der Waals surface area contributed by atoms with Crippen LogP contribution in [0.1, 0.15) is 107 Å². The molecule has 0 aliphatic heterocycles. The Hall–Kier alpha value is -4.85. The van der Waals surface area contributed by atoms with Gasteiger partial charge in [-0.25, -0.2) is 14.4 Å². The van der Waals surface area contributed by atoms with E-state index in [0.29, 0.717) is 46.1 Å². The number of carbonyl (C=O) groups excluding carboxylic acids is 4. The topological polar surface area (TPSA) is 157 Å². The van der Waals surface area contributed by atoms with Crippen LogP contribution >= 0.6 is 11.6 Å². The Bertz CT molecular complexity index is 1840. The Morgan fingerprint density at radius 1 is 0.737 bits per heavy atom. The standard InChI is InChI=1S/C43H57ClN2O11/c1-12-19-53-32-15-16-33(34(44)22-32)39(47)45-23-30-20-28(13-17-35(30)51-10)37(38(55-26(4)5)41(49)56-40(48)27(6)54-25(2)3)29-14-18-36(52-11)31(21-29)24-46-42(50)57-43(7,8)9/h13-18,20-22,25-27,37-38H,12,19,23-24H2,1-11H3,(H,45,47)(H,46,50). The predicted octanol–water partition coefficient (Wildman–Crippen LogP) is 7.91. The van der Waals surface area contributed by atoms with Gasteiger partial charge in [0.15, 0.2) is 12.2 Å². The van der Waals surface area contributed by atoms with Crippen molar-refractivity contribution in [3.63, 3.8) is 0 Å². The fourth-order valence-corrected chi connectivity index (χ4v) is 6.07. The third-order valence-corrected chi connectivity index (χ3v) is 8.52. The van der Waals surface area contributed by atoms with Gasteiger partial charge in [-0.3, -0.25) is 4.79 Å². The fraction of sp³-hybridized carbons (Fsp3) is 0.488. The quantitative estimate of drug-likeness (QED) is 0.0896. The van der Waals surface area contributed by atoms with Crippen molar-refractivity contribution >= 4 is 35.5 Å². The van der Waals surface area contributed by atoms with Crippen LogP contribution in [0.5, 0.6) is 17.2 Å². The fourth-order valence-electron chi connectivity index (χ4n) is 5.81. The van der Waals surface area contributed by atoms with E-state index >= 15 is 0 Å². The highest BCUT2D eigenvalue weighted by molar-refractivity contribution is 6.34. The normalized spacial score (nSPS) is 13.0. The number of ether oxygens (including phenoxy) is 7. The largest absolute Gasteiger partial charge is 0.496 e. The number of hydrogen-bond acceptors (Lipinski definition) is 11. The van der Waals surface area contributed by atoms with Gasteiger partial charge in [0.1, 0.15) is 22.8 Å². The molecule has 3 aromatic carbocycles. The van der Waals surface area contributed by atoms with Crippen LogP contribution in [-0.2, 0) is 41.6 Å². The molecule has 2 amide bonds. The van der Waals surface area contributed by atoms with E-state index in [1.807, 2.05) is 6.92 Å². The van der Waals surface area contributed by atoms with Gasteiger partial charge < -0.3 is 43.8 Å². The van der Waals surface area contributed by atoms with Crippen LogP contribution in [0.2, 0.25) is 5.02 Å². The Morgan fingerprint density at radius 2 is 1.30 bits per heavy atom. The molecule has 57 heavy (non-hydrogen) atoms. The maximum atomic E-state index is 14.1. The molecule has 0 heterocycles. The smallest absolute Gasteiger partial charge is 0.407 e. The van der Waals surface area contributed by atoms with Crippen LogP contribution < -0.4 is 24.8 Å². The lowest BCUT2D eigenvalue weighted by Crippen LogP contribution is -2.39. The number of esters is 2.